The molecule has 0 bridgehead atoms. The number of hydrogen-bond acceptors (Lipinski definition) is 2. The Morgan fingerprint density at radius 2 is 1.95 bits per heavy atom. The van der Waals surface area contributed by atoms with Crippen LogP contribution in [0.5, 0.6) is 5.75 Å². The third-order valence-corrected chi connectivity index (χ3v) is 4.10. The monoisotopic (exact) mass is 271 g/mol. The molecule has 0 spiro atoms. The van der Waals surface area contributed by atoms with Crippen molar-refractivity contribution in [2.45, 2.75) is 32.4 Å². The highest BCUT2D eigenvalue weighted by Crippen LogP contribution is 2.40. The predicted molar refractivity (Wildman–Crippen MR) is 77.2 cm³/mol. The maximum absolute atomic E-state index is 13.3. The van der Waals surface area contributed by atoms with E-state index in [9.17, 15) is 4.39 Å². The van der Waals surface area contributed by atoms with E-state index in [1.54, 1.807) is 6.07 Å². The van der Waals surface area contributed by atoms with Crippen LogP contribution in [0.25, 0.3) is 0 Å². The van der Waals surface area contributed by atoms with E-state index in [2.05, 4.69) is 26.0 Å². The van der Waals surface area contributed by atoms with E-state index in [4.69, 9.17) is 10.5 Å². The first-order chi connectivity index (χ1) is 9.56. The molecule has 0 amide bonds. The fraction of sp³-hybridized carbons (Fsp3) is 0.294. The van der Waals surface area contributed by atoms with Gasteiger partial charge >= 0.3 is 0 Å². The zero-order valence-electron chi connectivity index (χ0n) is 11.7. The largest absolute Gasteiger partial charge is 0.485 e. The van der Waals surface area contributed by atoms with Crippen molar-refractivity contribution in [3.05, 3.63) is 64.5 Å². The van der Waals surface area contributed by atoms with Crippen LogP contribution >= 0.6 is 0 Å². The average Bonchev–Trinajstić information content (AvgIpc) is 2.42. The van der Waals surface area contributed by atoms with Crippen LogP contribution in [0.3, 0.4) is 0 Å². The molecule has 2 atom stereocenters. The molecule has 2 aromatic rings. The highest BCUT2D eigenvalue weighted by atomic mass is 19.1. The minimum absolute atomic E-state index is 0.0668. The molecule has 2 nitrogen and oxygen atoms in total. The van der Waals surface area contributed by atoms with Gasteiger partial charge < -0.3 is 10.5 Å². The minimum atomic E-state index is -0.270. The summed E-state index contributed by atoms with van der Waals surface area (Å²) in [5, 5.41) is 0. The van der Waals surface area contributed by atoms with Gasteiger partial charge in [0.15, 0.2) is 0 Å². The molecule has 0 fully saturated rings. The van der Waals surface area contributed by atoms with Gasteiger partial charge in [0.1, 0.15) is 17.7 Å². The molecule has 3 rings (SSSR count). The second-order valence-electron chi connectivity index (χ2n) is 5.42. The highest BCUT2D eigenvalue weighted by molar-refractivity contribution is 5.41. The van der Waals surface area contributed by atoms with Gasteiger partial charge in [-0.05, 0) is 48.7 Å². The molecule has 1 unspecified atom stereocenters. The molecule has 0 aliphatic carbocycles. The van der Waals surface area contributed by atoms with Crippen molar-refractivity contribution < 1.29 is 9.13 Å². The molecule has 2 N–H and O–H groups in total. The maximum atomic E-state index is 13.3. The highest BCUT2D eigenvalue weighted by Gasteiger charge is 2.28. The zero-order valence-corrected chi connectivity index (χ0v) is 11.7. The van der Waals surface area contributed by atoms with E-state index < -0.39 is 0 Å². The normalized spacial score (nSPS) is 21.2. The van der Waals surface area contributed by atoms with Crippen molar-refractivity contribution in [2.24, 2.45) is 5.73 Å². The lowest BCUT2D eigenvalue weighted by Gasteiger charge is -2.31. The van der Waals surface area contributed by atoms with Crippen molar-refractivity contribution in [3.63, 3.8) is 0 Å². The molecule has 3 heteroatoms. The number of fused-ring (bicyclic) bond motifs is 1. The van der Waals surface area contributed by atoms with Crippen molar-refractivity contribution in [1.82, 2.24) is 0 Å². The number of ether oxygens (including phenoxy) is 1. The Morgan fingerprint density at radius 1 is 1.15 bits per heavy atom. The first kappa shape index (κ1) is 13.1. The van der Waals surface area contributed by atoms with E-state index >= 15 is 0 Å². The zero-order chi connectivity index (χ0) is 14.3. The Bertz CT molecular complexity index is 653. The Hall–Kier alpha value is -1.87. The molecule has 2 aromatic carbocycles. The van der Waals surface area contributed by atoms with E-state index in [0.717, 1.165) is 11.1 Å². The summed E-state index contributed by atoms with van der Waals surface area (Å²) < 4.78 is 19.3. The van der Waals surface area contributed by atoms with Crippen LogP contribution in [-0.4, -0.2) is 0 Å². The fourth-order valence-electron chi connectivity index (χ4n) is 2.79. The van der Waals surface area contributed by atoms with Crippen LogP contribution < -0.4 is 10.5 Å². The summed E-state index contributed by atoms with van der Waals surface area (Å²) in [6.07, 6.45) is 0.601. The third kappa shape index (κ3) is 2.18. The predicted octanol–water partition coefficient (Wildman–Crippen LogP) is 3.97. The Balaban J connectivity index is 1.99. The second kappa shape index (κ2) is 4.91. The van der Waals surface area contributed by atoms with Crippen LogP contribution in [0.1, 0.15) is 40.8 Å². The summed E-state index contributed by atoms with van der Waals surface area (Å²) in [6, 6.07) is 10.6. The molecular weight excluding hydrogens is 253 g/mol. The molecule has 0 aromatic heterocycles. The summed E-state index contributed by atoms with van der Waals surface area (Å²) in [7, 11) is 0. The number of rotatable bonds is 1. The minimum Gasteiger partial charge on any atom is -0.485 e. The summed E-state index contributed by atoms with van der Waals surface area (Å²) in [4.78, 5) is 0. The van der Waals surface area contributed by atoms with Gasteiger partial charge in [0.25, 0.3) is 0 Å². The number of halogens is 1. The van der Waals surface area contributed by atoms with Gasteiger partial charge in [-0.15, -0.1) is 0 Å². The summed E-state index contributed by atoms with van der Waals surface area (Å²) in [5.74, 6) is 0.420. The van der Waals surface area contributed by atoms with Gasteiger partial charge in [0.05, 0.1) is 0 Å². The summed E-state index contributed by atoms with van der Waals surface area (Å²) in [5.41, 5.74) is 10.6. The van der Waals surface area contributed by atoms with Crippen molar-refractivity contribution in [2.75, 3.05) is 0 Å². The smallest absolute Gasteiger partial charge is 0.126 e. The molecule has 1 aliphatic rings. The van der Waals surface area contributed by atoms with E-state index in [0.29, 0.717) is 12.2 Å². The van der Waals surface area contributed by atoms with Crippen LogP contribution in [0.15, 0.2) is 36.4 Å². The molecule has 20 heavy (non-hydrogen) atoms. The van der Waals surface area contributed by atoms with Crippen molar-refractivity contribution in [1.29, 1.82) is 0 Å². The van der Waals surface area contributed by atoms with Gasteiger partial charge in [-0.25, -0.2) is 4.39 Å². The van der Waals surface area contributed by atoms with Gasteiger partial charge in [-0.2, -0.15) is 0 Å². The standard InChI is InChI=1S/C17H18FNO/c1-10-4-3-5-13(11(10)2)17-9-15(19)14-8-12(18)6-7-16(14)20-17/h3-8,15,17H,9,19H2,1-2H3/t15-,17?/m1/s1. The quantitative estimate of drug-likeness (QED) is 0.852. The Labute approximate surface area is 118 Å². The Kier molecular flexibility index (Phi) is 3.22. The lowest BCUT2D eigenvalue weighted by molar-refractivity contribution is 0.160. The molecule has 0 saturated carbocycles. The average molecular weight is 271 g/mol. The third-order valence-electron chi connectivity index (χ3n) is 4.10. The Morgan fingerprint density at radius 3 is 2.75 bits per heavy atom. The van der Waals surface area contributed by atoms with E-state index in [1.807, 2.05) is 6.07 Å². The van der Waals surface area contributed by atoms with E-state index in [1.165, 1.54) is 23.3 Å². The van der Waals surface area contributed by atoms with Gasteiger partial charge in [0.2, 0.25) is 0 Å². The first-order valence-corrected chi connectivity index (χ1v) is 6.84. The second-order valence-corrected chi connectivity index (χ2v) is 5.42. The van der Waals surface area contributed by atoms with Crippen LogP contribution in [-0.2, 0) is 0 Å². The lowest BCUT2D eigenvalue weighted by atomic mass is 9.90. The molecule has 1 heterocycles. The van der Waals surface area contributed by atoms with Gasteiger partial charge in [-0.1, -0.05) is 18.2 Å². The van der Waals surface area contributed by atoms with Gasteiger partial charge in [0, 0.05) is 18.0 Å². The van der Waals surface area contributed by atoms with Crippen molar-refractivity contribution in [3.8, 4) is 5.75 Å². The number of benzene rings is 2. The maximum Gasteiger partial charge on any atom is 0.126 e. The van der Waals surface area contributed by atoms with Crippen LogP contribution in [0, 0.1) is 19.7 Å². The van der Waals surface area contributed by atoms with Crippen LogP contribution in [0.2, 0.25) is 0 Å². The summed E-state index contributed by atoms with van der Waals surface area (Å²) >= 11 is 0. The number of aryl methyl sites for hydroxylation is 1. The SMILES string of the molecule is Cc1cccc(C2C[C@@H](N)c3cc(F)ccc3O2)c1C. The fourth-order valence-corrected chi connectivity index (χ4v) is 2.79. The van der Waals surface area contributed by atoms with Crippen LogP contribution in [0.4, 0.5) is 4.39 Å². The molecule has 0 radical (unpaired) electrons. The summed E-state index contributed by atoms with van der Waals surface area (Å²) in [6.45, 7) is 4.19. The molecule has 104 valence electrons. The van der Waals surface area contributed by atoms with Crippen molar-refractivity contribution >= 4 is 0 Å². The molecule has 1 aliphatic heterocycles. The molecule has 0 saturated heterocycles. The number of hydrogen-bond donors (Lipinski definition) is 1. The van der Waals surface area contributed by atoms with E-state index in [-0.39, 0.29) is 18.0 Å². The van der Waals surface area contributed by atoms with Gasteiger partial charge in [-0.3, -0.25) is 0 Å². The topological polar surface area (TPSA) is 35.2 Å². The first-order valence-electron chi connectivity index (χ1n) is 6.84. The number of nitrogens with two attached hydrogens (primary N) is 1. The molecular formula is C17H18FNO. The lowest BCUT2D eigenvalue weighted by Crippen LogP contribution is -2.24.